The van der Waals surface area contributed by atoms with Gasteiger partial charge in [0.1, 0.15) is 5.82 Å². The normalized spacial score (nSPS) is 12.3. The van der Waals surface area contributed by atoms with Crippen molar-refractivity contribution in [2.45, 2.75) is 34.2 Å². The molecule has 104 valence electrons. The molecule has 0 bridgehead atoms. The van der Waals surface area contributed by atoms with Crippen molar-refractivity contribution in [1.29, 1.82) is 0 Å². The summed E-state index contributed by atoms with van der Waals surface area (Å²) >= 11 is 0. The molecule has 0 N–H and O–H groups in total. The van der Waals surface area contributed by atoms with Crippen LogP contribution in [0.25, 0.3) is 11.2 Å². The SMILES string of the molecule is Cc1nc2c(c(=O)n(C)c(=O)n2C)n1CC(C)(C)C. The zero-order chi connectivity index (χ0) is 14.5. The molecule has 2 aromatic rings. The third-order valence-corrected chi connectivity index (χ3v) is 3.17. The fraction of sp³-hybridized carbons (Fsp3) is 0.615. The summed E-state index contributed by atoms with van der Waals surface area (Å²) in [6.45, 7) is 8.85. The Morgan fingerprint density at radius 1 is 1.11 bits per heavy atom. The first-order chi connectivity index (χ1) is 8.63. The predicted molar refractivity (Wildman–Crippen MR) is 74.4 cm³/mol. The van der Waals surface area contributed by atoms with Gasteiger partial charge in [-0.2, -0.15) is 0 Å². The van der Waals surface area contributed by atoms with Crippen LogP contribution in [0.1, 0.15) is 26.6 Å². The number of rotatable bonds is 1. The largest absolute Gasteiger partial charge is 0.332 e. The highest BCUT2D eigenvalue weighted by Gasteiger charge is 2.20. The Balaban J connectivity index is 2.92. The maximum Gasteiger partial charge on any atom is 0.332 e. The summed E-state index contributed by atoms with van der Waals surface area (Å²) in [6.07, 6.45) is 0. The highest BCUT2D eigenvalue weighted by molar-refractivity contribution is 5.71. The Morgan fingerprint density at radius 3 is 2.21 bits per heavy atom. The fourth-order valence-corrected chi connectivity index (χ4v) is 2.22. The zero-order valence-electron chi connectivity index (χ0n) is 12.3. The molecule has 0 saturated heterocycles. The van der Waals surface area contributed by atoms with Crippen LogP contribution < -0.4 is 11.2 Å². The highest BCUT2D eigenvalue weighted by atomic mass is 16.2. The molecule has 0 aliphatic rings. The third-order valence-electron chi connectivity index (χ3n) is 3.17. The van der Waals surface area contributed by atoms with E-state index in [1.807, 2.05) is 11.5 Å². The number of nitrogens with zero attached hydrogens (tertiary/aromatic N) is 4. The van der Waals surface area contributed by atoms with Gasteiger partial charge >= 0.3 is 5.69 Å². The van der Waals surface area contributed by atoms with Crippen LogP contribution in [0.3, 0.4) is 0 Å². The van der Waals surface area contributed by atoms with Gasteiger partial charge in [0.05, 0.1) is 0 Å². The van der Waals surface area contributed by atoms with E-state index in [0.29, 0.717) is 17.7 Å². The van der Waals surface area contributed by atoms with Gasteiger partial charge in [0.25, 0.3) is 5.56 Å². The van der Waals surface area contributed by atoms with Crippen LogP contribution in [0, 0.1) is 12.3 Å². The number of hydrogen-bond donors (Lipinski definition) is 0. The molecule has 0 aliphatic carbocycles. The second-order valence-corrected chi connectivity index (χ2v) is 6.18. The van der Waals surface area contributed by atoms with E-state index in [4.69, 9.17) is 0 Å². The topological polar surface area (TPSA) is 61.8 Å². The molecule has 0 atom stereocenters. The molecule has 0 unspecified atom stereocenters. The summed E-state index contributed by atoms with van der Waals surface area (Å²) in [4.78, 5) is 28.6. The lowest BCUT2D eigenvalue weighted by molar-refractivity contribution is 0.344. The lowest BCUT2D eigenvalue weighted by atomic mass is 9.97. The lowest BCUT2D eigenvalue weighted by Gasteiger charge is -2.20. The average Bonchev–Trinajstić information content (AvgIpc) is 2.60. The third kappa shape index (κ3) is 2.11. The molecule has 0 fully saturated rings. The Hall–Kier alpha value is -1.85. The maximum absolute atomic E-state index is 12.3. The molecule has 2 heterocycles. The lowest BCUT2D eigenvalue weighted by Crippen LogP contribution is -2.37. The van der Waals surface area contributed by atoms with Gasteiger partial charge in [0.2, 0.25) is 0 Å². The minimum absolute atomic E-state index is 0.0259. The van der Waals surface area contributed by atoms with Gasteiger partial charge in [-0.1, -0.05) is 20.8 Å². The van der Waals surface area contributed by atoms with Crippen molar-refractivity contribution < 1.29 is 0 Å². The molecule has 0 spiro atoms. The minimum atomic E-state index is -0.349. The first-order valence-electron chi connectivity index (χ1n) is 6.26. The highest BCUT2D eigenvalue weighted by Crippen LogP contribution is 2.20. The Labute approximate surface area is 111 Å². The number of hydrogen-bond acceptors (Lipinski definition) is 3. The molecular formula is C13H20N4O2. The average molecular weight is 264 g/mol. The Bertz CT molecular complexity index is 756. The number of aryl methyl sites for hydroxylation is 2. The van der Waals surface area contributed by atoms with Crippen molar-refractivity contribution in [3.8, 4) is 0 Å². The molecule has 19 heavy (non-hydrogen) atoms. The number of aromatic nitrogens is 4. The van der Waals surface area contributed by atoms with E-state index in [-0.39, 0.29) is 16.7 Å². The van der Waals surface area contributed by atoms with Gasteiger partial charge in [-0.25, -0.2) is 9.78 Å². The van der Waals surface area contributed by atoms with E-state index >= 15 is 0 Å². The molecule has 2 aromatic heterocycles. The van der Waals surface area contributed by atoms with Gasteiger partial charge < -0.3 is 4.57 Å². The van der Waals surface area contributed by atoms with Gasteiger partial charge in [0, 0.05) is 20.6 Å². The first kappa shape index (κ1) is 13.6. The van der Waals surface area contributed by atoms with Crippen molar-refractivity contribution >= 4 is 11.2 Å². The van der Waals surface area contributed by atoms with E-state index in [0.717, 1.165) is 10.4 Å². The quantitative estimate of drug-likeness (QED) is 0.765. The van der Waals surface area contributed by atoms with Crippen LogP contribution in [0.5, 0.6) is 0 Å². The number of fused-ring (bicyclic) bond motifs is 1. The standard InChI is InChI=1S/C13H20N4O2/c1-8-14-10-9(17(8)7-13(2,3)4)11(18)16(6)12(19)15(10)5/h7H2,1-6H3. The summed E-state index contributed by atoms with van der Waals surface area (Å²) in [5, 5.41) is 0. The predicted octanol–water partition coefficient (Wildman–Crippen LogP) is 0.788. The molecular weight excluding hydrogens is 244 g/mol. The molecule has 6 heteroatoms. The fourth-order valence-electron chi connectivity index (χ4n) is 2.22. The van der Waals surface area contributed by atoms with Crippen molar-refractivity contribution in [1.82, 2.24) is 18.7 Å². The van der Waals surface area contributed by atoms with Crippen molar-refractivity contribution in [2.24, 2.45) is 19.5 Å². The second kappa shape index (κ2) is 4.08. The molecule has 0 aromatic carbocycles. The Kier molecular flexibility index (Phi) is 2.91. The second-order valence-electron chi connectivity index (χ2n) is 6.18. The van der Waals surface area contributed by atoms with E-state index in [1.54, 1.807) is 7.05 Å². The van der Waals surface area contributed by atoms with E-state index in [9.17, 15) is 9.59 Å². The van der Waals surface area contributed by atoms with Gasteiger partial charge in [-0.05, 0) is 12.3 Å². The molecule has 0 amide bonds. The van der Waals surface area contributed by atoms with Crippen LogP contribution in [0.4, 0.5) is 0 Å². The van der Waals surface area contributed by atoms with Crippen LogP contribution in [0.2, 0.25) is 0 Å². The summed E-state index contributed by atoms with van der Waals surface area (Å²) < 4.78 is 4.45. The molecule has 0 aliphatic heterocycles. The van der Waals surface area contributed by atoms with Crippen LogP contribution in [-0.4, -0.2) is 18.7 Å². The van der Waals surface area contributed by atoms with Gasteiger partial charge in [-0.3, -0.25) is 13.9 Å². The van der Waals surface area contributed by atoms with Crippen LogP contribution in [0.15, 0.2) is 9.59 Å². The van der Waals surface area contributed by atoms with Crippen LogP contribution >= 0.6 is 0 Å². The summed E-state index contributed by atoms with van der Waals surface area (Å²) in [7, 11) is 3.13. The monoisotopic (exact) mass is 264 g/mol. The maximum atomic E-state index is 12.3. The zero-order valence-corrected chi connectivity index (χ0v) is 12.3. The summed E-state index contributed by atoms with van der Waals surface area (Å²) in [6, 6.07) is 0. The molecule has 6 nitrogen and oxygen atoms in total. The van der Waals surface area contributed by atoms with E-state index < -0.39 is 0 Å². The van der Waals surface area contributed by atoms with Crippen molar-refractivity contribution in [2.75, 3.05) is 0 Å². The first-order valence-corrected chi connectivity index (χ1v) is 6.26. The van der Waals surface area contributed by atoms with Crippen LogP contribution in [-0.2, 0) is 20.6 Å². The molecule has 0 saturated carbocycles. The van der Waals surface area contributed by atoms with Crippen molar-refractivity contribution in [3.05, 3.63) is 26.7 Å². The van der Waals surface area contributed by atoms with Gasteiger partial charge in [-0.15, -0.1) is 0 Å². The molecule has 0 radical (unpaired) electrons. The minimum Gasteiger partial charge on any atom is -0.322 e. The summed E-state index contributed by atoms with van der Waals surface area (Å²) in [5.74, 6) is 0.753. The smallest absolute Gasteiger partial charge is 0.322 e. The van der Waals surface area contributed by atoms with E-state index in [1.165, 1.54) is 11.6 Å². The van der Waals surface area contributed by atoms with Crippen molar-refractivity contribution in [3.63, 3.8) is 0 Å². The van der Waals surface area contributed by atoms with Gasteiger partial charge in [0.15, 0.2) is 11.2 Å². The molecule has 2 rings (SSSR count). The Morgan fingerprint density at radius 2 is 1.68 bits per heavy atom. The summed E-state index contributed by atoms with van der Waals surface area (Å²) in [5.41, 5.74) is 0.339. The number of imidazole rings is 1. The van der Waals surface area contributed by atoms with E-state index in [2.05, 4.69) is 25.8 Å².